The van der Waals surface area contributed by atoms with E-state index < -0.39 is 0 Å². The fourth-order valence-corrected chi connectivity index (χ4v) is 6.11. The van der Waals surface area contributed by atoms with Crippen LogP contribution in [0.2, 0.25) is 0 Å². The summed E-state index contributed by atoms with van der Waals surface area (Å²) in [5.41, 5.74) is 13.7. The van der Waals surface area contributed by atoms with Crippen LogP contribution in [0.1, 0.15) is 124 Å². The molecule has 5 rings (SSSR count). The molecule has 0 spiro atoms. The monoisotopic (exact) mass is 562 g/mol. The van der Waals surface area contributed by atoms with E-state index in [2.05, 4.69) is 74.1 Å². The number of aromatic nitrogens is 4. The number of aromatic amines is 2. The lowest BCUT2D eigenvalue weighted by Gasteiger charge is -2.06. The molecule has 2 aliphatic heterocycles. The van der Waals surface area contributed by atoms with E-state index in [0.29, 0.717) is 5.57 Å². The lowest BCUT2D eigenvalue weighted by atomic mass is 10.0. The standard InChI is InChI=1S/C37H46N4O/c1-5-9-13-26-30-17-18-31(38-30)27(14-10-6-2)33-21-22-35(40-33)29(16-12-8-4)37-25(24-42)23-36(41-37)28(15-11-7-3)34-20-19-32(26)39-34/h17-24,39-40H,5-16H2,1-4H3. The van der Waals surface area contributed by atoms with E-state index >= 15 is 0 Å². The predicted octanol–water partition coefficient (Wildman–Crippen LogP) is 9.60. The van der Waals surface area contributed by atoms with Gasteiger partial charge in [-0.2, -0.15) is 0 Å². The number of hydrogen-bond donors (Lipinski definition) is 2. The number of carbonyl (C=O) groups is 1. The van der Waals surface area contributed by atoms with Crippen LogP contribution in [0.5, 0.6) is 0 Å². The summed E-state index contributed by atoms with van der Waals surface area (Å²) >= 11 is 0. The molecule has 3 aromatic rings. The van der Waals surface area contributed by atoms with Crippen molar-refractivity contribution in [1.29, 1.82) is 0 Å². The van der Waals surface area contributed by atoms with Crippen molar-refractivity contribution in [3.63, 3.8) is 0 Å². The highest BCUT2D eigenvalue weighted by Crippen LogP contribution is 2.31. The van der Waals surface area contributed by atoms with Crippen LogP contribution >= 0.6 is 0 Å². The summed E-state index contributed by atoms with van der Waals surface area (Å²) in [5, 5.41) is 0. The Labute approximate surface area is 250 Å². The summed E-state index contributed by atoms with van der Waals surface area (Å²) in [5.74, 6) is 0. The predicted molar refractivity (Wildman–Crippen MR) is 178 cm³/mol. The van der Waals surface area contributed by atoms with Crippen molar-refractivity contribution in [3.8, 4) is 0 Å². The maximum Gasteiger partial charge on any atom is 0.152 e. The van der Waals surface area contributed by atoms with Crippen LogP contribution in [-0.4, -0.2) is 26.2 Å². The summed E-state index contributed by atoms with van der Waals surface area (Å²) in [4.78, 5) is 30.5. The molecule has 0 atom stereocenters. The highest BCUT2D eigenvalue weighted by Gasteiger charge is 2.19. The topological polar surface area (TPSA) is 74.4 Å². The molecule has 0 fully saturated rings. The normalized spacial score (nSPS) is 12.6. The van der Waals surface area contributed by atoms with Gasteiger partial charge in [-0.15, -0.1) is 0 Å². The number of fused-ring (bicyclic) bond motifs is 8. The molecule has 8 bridgehead atoms. The fourth-order valence-electron chi connectivity index (χ4n) is 6.11. The van der Waals surface area contributed by atoms with Gasteiger partial charge in [0.1, 0.15) is 0 Å². The van der Waals surface area contributed by atoms with E-state index in [1.807, 2.05) is 6.08 Å². The van der Waals surface area contributed by atoms with E-state index in [9.17, 15) is 4.79 Å². The van der Waals surface area contributed by atoms with E-state index in [0.717, 1.165) is 134 Å². The van der Waals surface area contributed by atoms with E-state index in [1.165, 1.54) is 16.7 Å². The molecule has 2 aliphatic rings. The maximum absolute atomic E-state index is 12.5. The molecule has 0 unspecified atom stereocenters. The molecule has 0 radical (unpaired) electrons. The van der Waals surface area contributed by atoms with Gasteiger partial charge in [0.25, 0.3) is 0 Å². The van der Waals surface area contributed by atoms with Crippen LogP contribution in [0.15, 0.2) is 24.3 Å². The first-order valence-electron chi connectivity index (χ1n) is 16.2. The van der Waals surface area contributed by atoms with Gasteiger partial charge in [-0.05, 0) is 93.9 Å². The minimum atomic E-state index is 0.671. The zero-order chi connectivity index (χ0) is 29.5. The molecule has 220 valence electrons. The van der Waals surface area contributed by atoms with Crippen molar-refractivity contribution in [1.82, 2.24) is 19.9 Å². The second kappa shape index (κ2) is 14.0. The van der Waals surface area contributed by atoms with Crippen LogP contribution in [0.25, 0.3) is 45.9 Å². The van der Waals surface area contributed by atoms with E-state index in [4.69, 9.17) is 9.97 Å². The molecule has 5 heterocycles. The first kappa shape index (κ1) is 29.8. The molecule has 0 amide bonds. The number of rotatable bonds is 13. The first-order valence-corrected chi connectivity index (χ1v) is 16.2. The van der Waals surface area contributed by atoms with Gasteiger partial charge >= 0.3 is 0 Å². The number of nitrogens with one attached hydrogen (secondary N) is 2. The second-order valence-electron chi connectivity index (χ2n) is 11.7. The summed E-state index contributed by atoms with van der Waals surface area (Å²) in [6.07, 6.45) is 19.8. The molecule has 5 nitrogen and oxygen atoms in total. The van der Waals surface area contributed by atoms with Gasteiger partial charge in [-0.3, -0.25) is 4.79 Å². The van der Waals surface area contributed by atoms with Gasteiger partial charge in [0.2, 0.25) is 0 Å². The van der Waals surface area contributed by atoms with Gasteiger partial charge in [0.15, 0.2) is 6.29 Å². The summed E-state index contributed by atoms with van der Waals surface area (Å²) in [6, 6.07) is 8.77. The van der Waals surface area contributed by atoms with Crippen LogP contribution in [0.3, 0.4) is 0 Å². The Kier molecular flexibility index (Phi) is 9.89. The molecule has 2 N–H and O–H groups in total. The second-order valence-corrected chi connectivity index (χ2v) is 11.7. The molecular formula is C37H46N4O. The molecule has 0 aromatic carbocycles. The number of allylic oxidation sites excluding steroid dienone is 1. The Morgan fingerprint density at radius 3 is 1.40 bits per heavy atom. The summed E-state index contributed by atoms with van der Waals surface area (Å²) in [6.45, 7) is 8.91. The number of nitrogens with zero attached hydrogens (tertiary/aromatic N) is 2. The third kappa shape index (κ3) is 6.21. The van der Waals surface area contributed by atoms with Crippen molar-refractivity contribution in [2.24, 2.45) is 0 Å². The molecular weight excluding hydrogens is 516 g/mol. The Morgan fingerprint density at radius 2 is 0.976 bits per heavy atom. The zero-order valence-electron chi connectivity index (χ0n) is 25.9. The van der Waals surface area contributed by atoms with E-state index in [1.54, 1.807) is 0 Å². The van der Waals surface area contributed by atoms with E-state index in [-0.39, 0.29) is 0 Å². The third-order valence-electron chi connectivity index (χ3n) is 8.57. The van der Waals surface area contributed by atoms with Crippen LogP contribution in [-0.2, 0) is 30.5 Å². The Morgan fingerprint density at radius 1 is 0.571 bits per heavy atom. The number of hydrogen-bond acceptors (Lipinski definition) is 3. The van der Waals surface area contributed by atoms with Crippen LogP contribution in [0, 0.1) is 0 Å². The number of aryl methyl sites for hydroxylation is 4. The Balaban J connectivity index is 1.93. The molecule has 0 saturated heterocycles. The summed E-state index contributed by atoms with van der Waals surface area (Å²) in [7, 11) is 0. The lowest BCUT2D eigenvalue weighted by Crippen LogP contribution is -1.96. The van der Waals surface area contributed by atoms with Crippen LogP contribution < -0.4 is 0 Å². The fraction of sp³-hybridized carbons (Fsp3) is 0.432. The van der Waals surface area contributed by atoms with Crippen molar-refractivity contribution in [2.75, 3.05) is 0 Å². The average Bonchev–Trinajstić information content (AvgIpc) is 3.82. The van der Waals surface area contributed by atoms with Gasteiger partial charge in [0.05, 0.1) is 22.8 Å². The molecule has 5 heteroatoms. The maximum atomic E-state index is 12.5. The molecule has 3 aromatic heterocycles. The highest BCUT2D eigenvalue weighted by molar-refractivity contribution is 6.15. The molecule has 42 heavy (non-hydrogen) atoms. The van der Waals surface area contributed by atoms with Gasteiger partial charge < -0.3 is 9.97 Å². The largest absolute Gasteiger partial charge is 0.355 e. The van der Waals surface area contributed by atoms with Crippen molar-refractivity contribution in [2.45, 2.75) is 105 Å². The van der Waals surface area contributed by atoms with Crippen LogP contribution in [0.4, 0.5) is 0 Å². The lowest BCUT2D eigenvalue weighted by molar-refractivity contribution is -0.103. The van der Waals surface area contributed by atoms with Gasteiger partial charge in [0, 0.05) is 49.9 Å². The highest BCUT2D eigenvalue weighted by atomic mass is 16.1. The minimum Gasteiger partial charge on any atom is -0.355 e. The first-order chi connectivity index (χ1) is 20.6. The Hall–Kier alpha value is -3.73. The number of aldehydes is 1. The summed E-state index contributed by atoms with van der Waals surface area (Å²) < 4.78 is 0. The number of unbranched alkanes of at least 4 members (excludes halogenated alkanes) is 4. The smallest absolute Gasteiger partial charge is 0.152 e. The zero-order valence-corrected chi connectivity index (χ0v) is 25.9. The SMILES string of the molecule is CCCCc1c2nc(c(CCCC)c3ccc([nH]3)c(CCCC)c3nc(c(CCCC)c4ccc1[nH]4)C=C3C=O)C=C2. The molecule has 0 saturated carbocycles. The Bertz CT molecular complexity index is 1650. The van der Waals surface area contributed by atoms with Crippen molar-refractivity contribution in [3.05, 3.63) is 69.3 Å². The van der Waals surface area contributed by atoms with Gasteiger partial charge in [-0.1, -0.05) is 53.4 Å². The number of carbonyl (C=O) groups excluding carboxylic acids is 1. The quantitative estimate of drug-likeness (QED) is 0.159. The molecule has 0 aliphatic carbocycles. The van der Waals surface area contributed by atoms with Gasteiger partial charge in [-0.25, -0.2) is 9.97 Å². The van der Waals surface area contributed by atoms with Crippen molar-refractivity contribution < 1.29 is 4.79 Å². The third-order valence-corrected chi connectivity index (χ3v) is 8.57. The van der Waals surface area contributed by atoms with Crippen molar-refractivity contribution >= 4 is 52.2 Å². The minimum absolute atomic E-state index is 0.671. The average molecular weight is 563 g/mol. The number of H-pyrrole nitrogens is 2.